The Hall–Kier alpha value is -1.63. The number of amides is 1. The second-order valence-electron chi connectivity index (χ2n) is 4.66. The Kier molecular flexibility index (Phi) is 4.27. The average Bonchev–Trinajstić information content (AvgIpc) is 2.99. The molecule has 2 heterocycles. The van der Waals surface area contributed by atoms with Crippen molar-refractivity contribution >= 4 is 21.8 Å². The number of aryl methyl sites for hydroxylation is 2. The van der Waals surface area contributed by atoms with E-state index in [1.807, 2.05) is 44.8 Å². The molecule has 2 aromatic rings. The second kappa shape index (κ2) is 5.78. The normalized spacial score (nSPS) is 12.4. The van der Waals surface area contributed by atoms with Gasteiger partial charge in [-0.2, -0.15) is 10.2 Å². The molecule has 1 N–H and O–H groups in total. The molecule has 0 aliphatic carbocycles. The fourth-order valence-corrected chi connectivity index (χ4v) is 2.37. The molecule has 0 aliphatic rings. The van der Waals surface area contributed by atoms with E-state index in [-0.39, 0.29) is 11.9 Å². The number of hydrogen-bond acceptors (Lipinski definition) is 3. The predicted octanol–water partition coefficient (Wildman–Crippen LogP) is 2.20. The van der Waals surface area contributed by atoms with Crippen LogP contribution in [-0.2, 0) is 13.6 Å². The van der Waals surface area contributed by atoms with Gasteiger partial charge in [0.15, 0.2) is 5.69 Å². The van der Waals surface area contributed by atoms with Gasteiger partial charge < -0.3 is 5.32 Å². The van der Waals surface area contributed by atoms with E-state index in [2.05, 4.69) is 31.4 Å². The van der Waals surface area contributed by atoms with Crippen molar-refractivity contribution in [2.24, 2.45) is 7.05 Å². The first-order valence-electron chi connectivity index (χ1n) is 6.47. The van der Waals surface area contributed by atoms with E-state index < -0.39 is 0 Å². The smallest absolute Gasteiger partial charge is 0.273 e. The first-order valence-corrected chi connectivity index (χ1v) is 7.26. The molecule has 0 spiro atoms. The van der Waals surface area contributed by atoms with Gasteiger partial charge in [-0.25, -0.2) is 0 Å². The third-order valence-electron chi connectivity index (χ3n) is 3.25. The van der Waals surface area contributed by atoms with Crippen LogP contribution >= 0.6 is 15.9 Å². The Bertz CT molecular complexity index is 631. The van der Waals surface area contributed by atoms with Crippen LogP contribution in [0.5, 0.6) is 0 Å². The number of carbonyl (C=O) groups excluding carboxylic acids is 1. The van der Waals surface area contributed by atoms with E-state index in [0.29, 0.717) is 5.69 Å². The zero-order valence-electron chi connectivity index (χ0n) is 12.0. The van der Waals surface area contributed by atoms with Crippen molar-refractivity contribution in [1.29, 1.82) is 0 Å². The van der Waals surface area contributed by atoms with Crippen LogP contribution in [0.1, 0.15) is 41.8 Å². The van der Waals surface area contributed by atoms with Crippen molar-refractivity contribution in [3.05, 3.63) is 33.8 Å². The molecule has 0 aromatic carbocycles. The standard InChI is InChI=1S/C13H18BrN5O/c1-5-19-7-6-10(16-19)8(2)15-13(20)12-11(14)9(3)18(4)17-12/h6-8H,5H2,1-4H3,(H,15,20). The third kappa shape index (κ3) is 2.77. The number of halogens is 1. The van der Waals surface area contributed by atoms with Gasteiger partial charge in [0.2, 0.25) is 0 Å². The summed E-state index contributed by atoms with van der Waals surface area (Å²) in [6.45, 7) is 6.64. The molecule has 20 heavy (non-hydrogen) atoms. The molecule has 2 aromatic heterocycles. The summed E-state index contributed by atoms with van der Waals surface area (Å²) in [5, 5.41) is 11.5. The van der Waals surface area contributed by atoms with Crippen LogP contribution < -0.4 is 5.32 Å². The maximum Gasteiger partial charge on any atom is 0.273 e. The summed E-state index contributed by atoms with van der Waals surface area (Å²) in [5.74, 6) is -0.209. The van der Waals surface area contributed by atoms with Gasteiger partial charge in [0.25, 0.3) is 5.91 Å². The maximum atomic E-state index is 12.2. The van der Waals surface area contributed by atoms with Gasteiger partial charge in [0, 0.05) is 19.8 Å². The lowest BCUT2D eigenvalue weighted by molar-refractivity contribution is 0.0932. The Morgan fingerprint density at radius 3 is 2.70 bits per heavy atom. The number of nitrogens with one attached hydrogen (secondary N) is 1. The van der Waals surface area contributed by atoms with E-state index in [1.165, 1.54) is 0 Å². The van der Waals surface area contributed by atoms with Gasteiger partial charge in [-0.1, -0.05) is 0 Å². The summed E-state index contributed by atoms with van der Waals surface area (Å²) < 4.78 is 4.23. The van der Waals surface area contributed by atoms with Gasteiger partial charge in [0.1, 0.15) is 0 Å². The summed E-state index contributed by atoms with van der Waals surface area (Å²) in [4.78, 5) is 12.2. The van der Waals surface area contributed by atoms with Crippen molar-refractivity contribution in [3.8, 4) is 0 Å². The molecule has 108 valence electrons. The van der Waals surface area contributed by atoms with Gasteiger partial charge in [0.05, 0.1) is 21.9 Å². The first-order chi connectivity index (χ1) is 9.43. The molecule has 1 unspecified atom stereocenters. The molecule has 0 bridgehead atoms. The van der Waals surface area contributed by atoms with Crippen LogP contribution in [0.25, 0.3) is 0 Å². The minimum Gasteiger partial charge on any atom is -0.342 e. The highest BCUT2D eigenvalue weighted by atomic mass is 79.9. The Morgan fingerprint density at radius 2 is 2.20 bits per heavy atom. The minimum absolute atomic E-state index is 0.162. The first kappa shape index (κ1) is 14.8. The summed E-state index contributed by atoms with van der Waals surface area (Å²) in [5.41, 5.74) is 2.15. The molecule has 0 fully saturated rings. The Morgan fingerprint density at radius 1 is 1.50 bits per heavy atom. The van der Waals surface area contributed by atoms with E-state index >= 15 is 0 Å². The number of hydrogen-bond donors (Lipinski definition) is 1. The molecular weight excluding hydrogens is 322 g/mol. The van der Waals surface area contributed by atoms with Crippen LogP contribution in [0.3, 0.4) is 0 Å². The van der Waals surface area contributed by atoms with E-state index in [9.17, 15) is 4.79 Å². The molecule has 0 saturated carbocycles. The lowest BCUT2D eigenvalue weighted by Crippen LogP contribution is -2.27. The van der Waals surface area contributed by atoms with Crippen LogP contribution in [0.15, 0.2) is 16.7 Å². The largest absolute Gasteiger partial charge is 0.342 e. The summed E-state index contributed by atoms with van der Waals surface area (Å²) in [6, 6.07) is 1.75. The SMILES string of the molecule is CCn1ccc(C(C)NC(=O)c2nn(C)c(C)c2Br)n1. The highest BCUT2D eigenvalue weighted by Crippen LogP contribution is 2.20. The van der Waals surface area contributed by atoms with Crippen molar-refractivity contribution in [2.45, 2.75) is 33.4 Å². The lowest BCUT2D eigenvalue weighted by atomic mass is 10.2. The van der Waals surface area contributed by atoms with Crippen molar-refractivity contribution in [2.75, 3.05) is 0 Å². The molecule has 1 amide bonds. The number of rotatable bonds is 4. The molecular formula is C13H18BrN5O. The molecule has 1 atom stereocenters. The van der Waals surface area contributed by atoms with E-state index in [0.717, 1.165) is 22.4 Å². The predicted molar refractivity (Wildman–Crippen MR) is 79.4 cm³/mol. The number of nitrogens with zero attached hydrogens (tertiary/aromatic N) is 4. The quantitative estimate of drug-likeness (QED) is 0.928. The van der Waals surface area contributed by atoms with Crippen LogP contribution in [0.4, 0.5) is 0 Å². The van der Waals surface area contributed by atoms with Crippen molar-refractivity contribution in [3.63, 3.8) is 0 Å². The Labute approximate surface area is 126 Å². The molecule has 6 nitrogen and oxygen atoms in total. The fourth-order valence-electron chi connectivity index (χ4n) is 1.85. The minimum atomic E-state index is -0.209. The van der Waals surface area contributed by atoms with E-state index in [4.69, 9.17) is 0 Å². The van der Waals surface area contributed by atoms with Crippen molar-refractivity contribution in [1.82, 2.24) is 24.9 Å². The average molecular weight is 340 g/mol. The van der Waals surface area contributed by atoms with Crippen LogP contribution in [-0.4, -0.2) is 25.5 Å². The monoisotopic (exact) mass is 339 g/mol. The maximum absolute atomic E-state index is 12.2. The molecule has 0 aliphatic heterocycles. The fraction of sp³-hybridized carbons (Fsp3) is 0.462. The topological polar surface area (TPSA) is 64.7 Å². The van der Waals surface area contributed by atoms with Crippen molar-refractivity contribution < 1.29 is 4.79 Å². The lowest BCUT2D eigenvalue weighted by Gasteiger charge is -2.10. The van der Waals surface area contributed by atoms with Gasteiger partial charge >= 0.3 is 0 Å². The Balaban J connectivity index is 2.12. The zero-order valence-corrected chi connectivity index (χ0v) is 13.6. The van der Waals surface area contributed by atoms with Gasteiger partial charge in [-0.05, 0) is 42.8 Å². The van der Waals surface area contributed by atoms with Crippen LogP contribution in [0, 0.1) is 6.92 Å². The van der Waals surface area contributed by atoms with E-state index in [1.54, 1.807) is 4.68 Å². The van der Waals surface area contributed by atoms with Crippen LogP contribution in [0.2, 0.25) is 0 Å². The molecule has 2 rings (SSSR count). The molecule has 0 saturated heterocycles. The number of aromatic nitrogens is 4. The molecule has 0 radical (unpaired) electrons. The van der Waals surface area contributed by atoms with Gasteiger partial charge in [-0.15, -0.1) is 0 Å². The second-order valence-corrected chi connectivity index (χ2v) is 5.46. The summed E-state index contributed by atoms with van der Waals surface area (Å²) in [7, 11) is 1.81. The highest BCUT2D eigenvalue weighted by molar-refractivity contribution is 9.10. The summed E-state index contributed by atoms with van der Waals surface area (Å²) in [6.07, 6.45) is 1.90. The zero-order chi connectivity index (χ0) is 14.9. The third-order valence-corrected chi connectivity index (χ3v) is 4.20. The highest BCUT2D eigenvalue weighted by Gasteiger charge is 2.20. The summed E-state index contributed by atoms with van der Waals surface area (Å²) >= 11 is 3.40. The number of carbonyl (C=O) groups is 1. The van der Waals surface area contributed by atoms with Gasteiger partial charge in [-0.3, -0.25) is 14.2 Å². The molecule has 7 heteroatoms.